The van der Waals surface area contributed by atoms with Crippen molar-refractivity contribution in [3.05, 3.63) is 0 Å². The van der Waals surface area contributed by atoms with Gasteiger partial charge in [0.15, 0.2) is 0 Å². The quantitative estimate of drug-likeness (QED) is 0.529. The molecule has 4 fully saturated rings. The Morgan fingerprint density at radius 1 is 1.15 bits per heavy atom. The first-order chi connectivity index (χ1) is 11.9. The highest BCUT2D eigenvalue weighted by molar-refractivity contribution is 7.87. The molecule has 4 bridgehead atoms. The van der Waals surface area contributed by atoms with Crippen molar-refractivity contribution in [2.45, 2.75) is 75.8 Å². The van der Waals surface area contributed by atoms with E-state index >= 15 is 0 Å². The second-order valence-electron chi connectivity index (χ2n) is 8.35. The fourth-order valence-electron chi connectivity index (χ4n) is 6.04. The lowest BCUT2D eigenvalue weighted by Gasteiger charge is -2.64. The molecule has 0 amide bonds. The van der Waals surface area contributed by atoms with Gasteiger partial charge in [0.2, 0.25) is 0 Å². The van der Waals surface area contributed by atoms with Gasteiger partial charge in [0.25, 0.3) is 0 Å². The number of carbonyl (C=O) groups is 1. The lowest BCUT2D eigenvalue weighted by molar-refractivity contribution is -0.228. The molecule has 0 aromatic carbocycles. The van der Waals surface area contributed by atoms with Crippen LogP contribution in [-0.2, 0) is 19.6 Å². The maximum absolute atomic E-state index is 13.6. The summed E-state index contributed by atoms with van der Waals surface area (Å²) in [5, 5.41) is 6.19. The predicted octanol–water partition coefficient (Wildman–Crippen LogP) is 2.76. The number of alkyl halides is 2. The smallest absolute Gasteiger partial charge is 0.456 e. The van der Waals surface area contributed by atoms with E-state index in [-0.39, 0.29) is 17.3 Å². The second-order valence-corrected chi connectivity index (χ2v) is 9.81. The molecular weight excluding hydrogens is 370 g/mol. The number of rotatable bonds is 6. The first kappa shape index (κ1) is 19.9. The zero-order valence-corrected chi connectivity index (χ0v) is 15.8. The predicted molar refractivity (Wildman–Crippen MR) is 87.9 cm³/mol. The van der Waals surface area contributed by atoms with Gasteiger partial charge in [0.05, 0.1) is 5.60 Å². The summed E-state index contributed by atoms with van der Waals surface area (Å²) in [6.45, 7) is 3.87. The Kier molecular flexibility index (Phi) is 4.68. The van der Waals surface area contributed by atoms with Gasteiger partial charge in [-0.1, -0.05) is 13.8 Å². The van der Waals surface area contributed by atoms with Gasteiger partial charge in [-0.05, 0) is 62.7 Å². The molecule has 0 heterocycles. The number of halogens is 2. The summed E-state index contributed by atoms with van der Waals surface area (Å²) < 4.78 is 62.2. The molecule has 0 aromatic rings. The van der Waals surface area contributed by atoms with Crippen molar-refractivity contribution >= 4 is 16.1 Å². The van der Waals surface area contributed by atoms with Crippen LogP contribution in [0.4, 0.5) is 8.78 Å². The van der Waals surface area contributed by atoms with Gasteiger partial charge in [-0.2, -0.15) is 17.2 Å². The minimum Gasteiger partial charge on any atom is -0.456 e. The van der Waals surface area contributed by atoms with E-state index in [1.165, 1.54) is 0 Å². The number of hydrogen-bond donors (Lipinski definition) is 2. The molecule has 2 unspecified atom stereocenters. The summed E-state index contributed by atoms with van der Waals surface area (Å²) in [5.74, 6) is -2.21. The van der Waals surface area contributed by atoms with Crippen LogP contribution in [0.15, 0.2) is 0 Å². The summed E-state index contributed by atoms with van der Waals surface area (Å²) in [4.78, 5) is 11.7. The molecule has 0 spiro atoms. The Morgan fingerprint density at radius 3 is 2.08 bits per heavy atom. The van der Waals surface area contributed by atoms with Crippen LogP contribution in [0, 0.1) is 23.2 Å². The fourth-order valence-corrected chi connectivity index (χ4v) is 6.30. The Bertz CT molecular complexity index is 671. The molecule has 9 heteroatoms. The van der Waals surface area contributed by atoms with Gasteiger partial charge < -0.3 is 9.84 Å². The average Bonchev–Trinajstić information content (AvgIpc) is 2.55. The molecule has 4 saturated carbocycles. The van der Waals surface area contributed by atoms with Crippen molar-refractivity contribution in [3.8, 4) is 0 Å². The summed E-state index contributed by atoms with van der Waals surface area (Å²) in [6.07, 6.45) is 3.88. The van der Waals surface area contributed by atoms with Gasteiger partial charge in [-0.25, -0.2) is 4.79 Å². The minimum absolute atomic E-state index is 0.174. The Hall–Kier alpha value is -0.800. The molecule has 2 atom stereocenters. The molecule has 4 aliphatic carbocycles. The largest absolute Gasteiger partial charge is 0.465 e. The molecule has 2 N–H and O–H groups in total. The highest BCUT2D eigenvalue weighted by atomic mass is 32.2. The van der Waals surface area contributed by atoms with Crippen LogP contribution in [0.3, 0.4) is 0 Å². The summed E-state index contributed by atoms with van der Waals surface area (Å²) in [5.41, 5.74) is -1.14. The zero-order chi connectivity index (χ0) is 19.5. The van der Waals surface area contributed by atoms with Crippen LogP contribution >= 0.6 is 0 Å². The first-order valence-electron chi connectivity index (χ1n) is 9.17. The maximum atomic E-state index is 13.6. The van der Waals surface area contributed by atoms with Crippen LogP contribution in [0.5, 0.6) is 0 Å². The Balaban J connectivity index is 1.82. The average molecular weight is 396 g/mol. The van der Waals surface area contributed by atoms with Gasteiger partial charge in [-0.3, -0.25) is 4.55 Å². The normalized spacial score (nSPS) is 37.0. The van der Waals surface area contributed by atoms with E-state index in [1.54, 1.807) is 0 Å². The molecule has 4 aliphatic rings. The van der Waals surface area contributed by atoms with E-state index in [0.29, 0.717) is 31.6 Å². The Morgan fingerprint density at radius 2 is 1.65 bits per heavy atom. The van der Waals surface area contributed by atoms with Crippen LogP contribution in [0.1, 0.15) is 58.8 Å². The van der Waals surface area contributed by atoms with E-state index < -0.39 is 33.0 Å². The highest BCUT2D eigenvalue weighted by Crippen LogP contribution is 2.65. The van der Waals surface area contributed by atoms with Crippen molar-refractivity contribution in [1.29, 1.82) is 0 Å². The number of esters is 1. The molecule has 0 aromatic heterocycles. The van der Waals surface area contributed by atoms with Crippen molar-refractivity contribution in [3.63, 3.8) is 0 Å². The molecule has 0 aliphatic heterocycles. The van der Waals surface area contributed by atoms with Crippen molar-refractivity contribution in [2.24, 2.45) is 23.2 Å². The van der Waals surface area contributed by atoms with Crippen LogP contribution in [0.2, 0.25) is 0 Å². The lowest BCUT2D eigenvalue weighted by Crippen LogP contribution is -2.62. The second kappa shape index (κ2) is 6.10. The van der Waals surface area contributed by atoms with E-state index in [9.17, 15) is 27.1 Å². The Labute approximate surface area is 152 Å². The maximum Gasteiger partial charge on any atom is 0.465 e. The van der Waals surface area contributed by atoms with Crippen LogP contribution < -0.4 is 0 Å². The molecule has 6 nitrogen and oxygen atoms in total. The van der Waals surface area contributed by atoms with Gasteiger partial charge >= 0.3 is 21.3 Å². The molecule has 0 saturated heterocycles. The molecular formula is C17H26F2O6S. The van der Waals surface area contributed by atoms with E-state index in [2.05, 4.69) is 0 Å². The zero-order valence-electron chi connectivity index (χ0n) is 15.0. The van der Waals surface area contributed by atoms with E-state index in [4.69, 9.17) is 9.29 Å². The molecule has 0 radical (unpaired) electrons. The lowest BCUT2D eigenvalue weighted by atomic mass is 9.44. The molecule has 4 rings (SSSR count). The number of hydrogen-bond acceptors (Lipinski definition) is 5. The fraction of sp³-hybridized carbons (Fsp3) is 0.941. The third-order valence-electron chi connectivity index (χ3n) is 7.15. The third-order valence-corrected chi connectivity index (χ3v) is 7.96. The summed E-state index contributed by atoms with van der Waals surface area (Å²) >= 11 is 0. The first-order valence-corrected chi connectivity index (χ1v) is 10.6. The van der Waals surface area contributed by atoms with Crippen molar-refractivity contribution < 1.29 is 36.4 Å². The van der Waals surface area contributed by atoms with Gasteiger partial charge in [-0.15, -0.1) is 0 Å². The van der Waals surface area contributed by atoms with E-state index in [1.807, 2.05) is 13.8 Å². The summed E-state index contributed by atoms with van der Waals surface area (Å²) in [7, 11) is -5.87. The van der Waals surface area contributed by atoms with Crippen LogP contribution in [0.25, 0.3) is 0 Å². The molecule has 26 heavy (non-hydrogen) atoms. The van der Waals surface area contributed by atoms with Gasteiger partial charge in [0, 0.05) is 5.41 Å². The third kappa shape index (κ3) is 2.77. The topological polar surface area (TPSA) is 101 Å². The van der Waals surface area contributed by atoms with Crippen molar-refractivity contribution in [2.75, 3.05) is 0 Å². The van der Waals surface area contributed by atoms with Gasteiger partial charge in [0.1, 0.15) is 6.10 Å². The minimum atomic E-state index is -5.87. The SMILES string of the molecule is CCC(O)(CC)C12CC3CC(C1)C(OC(=O)C(F)(F)S(=O)(=O)O)C(C3)C2. The standard InChI is InChI=1S/C17H26F2O6S/c1-3-16(21,4-2)15-7-10-5-11(8-15)13(12(6-10)9-15)25-14(20)17(18,19)26(22,23)24/h10-13,21H,3-9H2,1-2H3,(H,22,23,24). The monoisotopic (exact) mass is 396 g/mol. The summed E-state index contributed by atoms with van der Waals surface area (Å²) in [6, 6.07) is 0. The van der Waals surface area contributed by atoms with E-state index in [0.717, 1.165) is 19.3 Å². The van der Waals surface area contributed by atoms with Crippen molar-refractivity contribution in [1.82, 2.24) is 0 Å². The number of carbonyl (C=O) groups excluding carboxylic acids is 1. The highest BCUT2D eigenvalue weighted by Gasteiger charge is 2.64. The molecule has 150 valence electrons. The number of aliphatic hydroxyl groups is 1. The van der Waals surface area contributed by atoms with Crippen LogP contribution in [-0.4, -0.2) is 41.0 Å². The number of ether oxygens (including phenoxy) is 1.